The predicted molar refractivity (Wildman–Crippen MR) is 332 cm³/mol. The number of pyridine rings is 1. The van der Waals surface area contributed by atoms with Crippen LogP contribution in [0.4, 0.5) is 28.4 Å². The molecule has 3 aromatic heterocycles. The SMILES string of the molecule is [C-]#[N+]c1cc(Oc2ccc3c4oc5c6ccccc6c6ccccc6c5c4n(-c4cc(C(C)(C)C)ccn4)c3c2)cc(N2CN(c3c(-c4cccc(-c5ccccc5)c4)cccc3-c3cccc(C(C)(C)C)c3)c3ccccc32)c1. The van der Waals surface area contributed by atoms with Crippen molar-refractivity contribution in [1.29, 1.82) is 0 Å². The lowest BCUT2D eigenvalue weighted by Crippen LogP contribution is -2.25. The molecule has 0 atom stereocenters. The molecule has 13 aromatic rings. The molecule has 80 heavy (non-hydrogen) atoms. The maximum atomic E-state index is 8.42. The first-order valence-corrected chi connectivity index (χ1v) is 27.4. The van der Waals surface area contributed by atoms with E-state index in [4.69, 9.17) is 20.7 Å². The highest BCUT2D eigenvalue weighted by Gasteiger charge is 2.33. The van der Waals surface area contributed by atoms with Crippen molar-refractivity contribution in [2.24, 2.45) is 0 Å². The van der Waals surface area contributed by atoms with E-state index in [2.05, 4.69) is 261 Å². The fourth-order valence-electron chi connectivity index (χ4n) is 12.0. The van der Waals surface area contributed by atoms with E-state index in [0.717, 1.165) is 106 Å². The molecular weight excluding hydrogens is 979 g/mol. The third-order valence-electron chi connectivity index (χ3n) is 16.0. The number of hydrogen-bond donors (Lipinski definition) is 0. The van der Waals surface area contributed by atoms with Gasteiger partial charge in [-0.05, 0) is 115 Å². The molecule has 7 nitrogen and oxygen atoms in total. The zero-order chi connectivity index (χ0) is 54.4. The zero-order valence-electron chi connectivity index (χ0n) is 45.6. The van der Waals surface area contributed by atoms with E-state index in [1.54, 1.807) is 0 Å². The highest BCUT2D eigenvalue weighted by molar-refractivity contribution is 6.32. The number of rotatable bonds is 8. The van der Waals surface area contributed by atoms with Crippen molar-refractivity contribution in [2.75, 3.05) is 16.5 Å². The highest BCUT2D eigenvalue weighted by Crippen LogP contribution is 2.52. The minimum Gasteiger partial charge on any atom is -0.459 e. The molecule has 0 amide bonds. The lowest BCUT2D eigenvalue weighted by atomic mass is 9.85. The average Bonchev–Trinajstić information content (AvgIpc) is 4.38. The Kier molecular flexibility index (Phi) is 11.3. The van der Waals surface area contributed by atoms with Gasteiger partial charge in [0.2, 0.25) is 0 Å². The van der Waals surface area contributed by atoms with E-state index in [9.17, 15) is 0 Å². The Labute approximate surface area is 466 Å². The van der Waals surface area contributed by atoms with Crippen LogP contribution in [0.25, 0.3) is 98.6 Å². The van der Waals surface area contributed by atoms with Gasteiger partial charge in [0.25, 0.3) is 0 Å². The van der Waals surface area contributed by atoms with Crippen LogP contribution in [0, 0.1) is 6.57 Å². The molecule has 0 spiro atoms. The van der Waals surface area contributed by atoms with Gasteiger partial charge in [-0.15, -0.1) is 0 Å². The summed E-state index contributed by atoms with van der Waals surface area (Å²) in [6.45, 7) is 22.4. The Morgan fingerprint density at radius 2 is 1.10 bits per heavy atom. The van der Waals surface area contributed by atoms with Crippen LogP contribution in [0.15, 0.2) is 229 Å². The standard InChI is InChI=1S/C73H57N5O2/c1-72(2,3)50-25-18-24-49(39-50)57-31-19-30-56(48-23-17-22-47(38-48)46-20-9-8-10-21-46)68(57)77-45-76(63-32-15-16-33-64(63)77)53-41-52(74-7)42-55(43-53)79-54-34-35-62-65(44-54)78(66-40-51(36-37-75-66)73(4,5)6)69-67-60-28-13-11-26-58(60)59-27-12-14-29-61(59)70(67)80-71(62)69/h8-44H,45H2,1-6H3. The molecule has 386 valence electrons. The van der Waals surface area contributed by atoms with E-state index in [1.807, 2.05) is 24.4 Å². The van der Waals surface area contributed by atoms with Crippen molar-refractivity contribution in [2.45, 2.75) is 52.4 Å². The van der Waals surface area contributed by atoms with Gasteiger partial charge in [0, 0.05) is 45.9 Å². The van der Waals surface area contributed by atoms with Gasteiger partial charge in [-0.1, -0.05) is 193 Å². The number of fused-ring (bicyclic) bond motifs is 11. The summed E-state index contributed by atoms with van der Waals surface area (Å²) < 4.78 is 16.3. The molecule has 0 radical (unpaired) electrons. The number of ether oxygens (including phenoxy) is 1. The largest absolute Gasteiger partial charge is 0.459 e. The molecule has 4 heterocycles. The molecular formula is C73H57N5O2. The van der Waals surface area contributed by atoms with Gasteiger partial charge < -0.3 is 19.0 Å². The van der Waals surface area contributed by atoms with Crippen LogP contribution in [0.5, 0.6) is 11.5 Å². The first-order chi connectivity index (χ1) is 38.9. The third kappa shape index (κ3) is 8.14. The van der Waals surface area contributed by atoms with Gasteiger partial charge in [0.15, 0.2) is 11.3 Å². The van der Waals surface area contributed by atoms with Crippen LogP contribution in [-0.2, 0) is 10.8 Å². The van der Waals surface area contributed by atoms with Crippen LogP contribution in [0.2, 0.25) is 0 Å². The summed E-state index contributed by atoms with van der Waals surface area (Å²) in [6.07, 6.45) is 1.91. The van der Waals surface area contributed by atoms with Gasteiger partial charge in [0.1, 0.15) is 35.1 Å². The minimum absolute atomic E-state index is 0.0420. The number of nitrogens with zero attached hydrogens (tertiary/aromatic N) is 5. The van der Waals surface area contributed by atoms with Gasteiger partial charge in [-0.25, -0.2) is 9.83 Å². The number of hydrogen-bond acceptors (Lipinski definition) is 5. The summed E-state index contributed by atoms with van der Waals surface area (Å²) >= 11 is 0. The van der Waals surface area contributed by atoms with Gasteiger partial charge in [0.05, 0.1) is 34.5 Å². The molecule has 14 rings (SSSR count). The minimum atomic E-state index is -0.119. The lowest BCUT2D eigenvalue weighted by Gasteiger charge is -2.28. The first-order valence-electron chi connectivity index (χ1n) is 27.4. The van der Waals surface area contributed by atoms with E-state index in [-0.39, 0.29) is 10.8 Å². The van der Waals surface area contributed by atoms with E-state index in [1.165, 1.54) is 22.1 Å². The molecule has 0 unspecified atom stereocenters. The highest BCUT2D eigenvalue weighted by atomic mass is 16.5. The third-order valence-corrected chi connectivity index (χ3v) is 16.0. The summed E-state index contributed by atoms with van der Waals surface area (Å²) in [4.78, 5) is 13.9. The quantitative estimate of drug-likeness (QED) is 0.112. The fourth-order valence-corrected chi connectivity index (χ4v) is 12.0. The van der Waals surface area contributed by atoms with Crippen LogP contribution in [0.1, 0.15) is 52.7 Å². The van der Waals surface area contributed by atoms with Crippen molar-refractivity contribution < 1.29 is 9.15 Å². The molecule has 0 aliphatic carbocycles. The Bertz CT molecular complexity index is 4660. The topological polar surface area (TPSA) is 51.0 Å². The maximum Gasteiger partial charge on any atom is 0.192 e. The summed E-state index contributed by atoms with van der Waals surface area (Å²) in [5, 5.41) is 6.49. The van der Waals surface area contributed by atoms with Crippen LogP contribution in [-0.4, -0.2) is 16.2 Å². The van der Waals surface area contributed by atoms with E-state index < -0.39 is 0 Å². The Hall–Kier alpha value is -9.90. The molecule has 0 fully saturated rings. The second-order valence-electron chi connectivity index (χ2n) is 23.1. The summed E-state index contributed by atoms with van der Waals surface area (Å²) in [5.41, 5.74) is 17.2. The van der Waals surface area contributed by atoms with Crippen molar-refractivity contribution in [3.63, 3.8) is 0 Å². The summed E-state index contributed by atoms with van der Waals surface area (Å²) in [6, 6.07) is 77.2. The number of benzene rings is 10. The Morgan fingerprint density at radius 1 is 0.487 bits per heavy atom. The molecule has 0 saturated heterocycles. The summed E-state index contributed by atoms with van der Waals surface area (Å²) in [5.74, 6) is 1.97. The van der Waals surface area contributed by atoms with Crippen molar-refractivity contribution >= 4 is 83.0 Å². The molecule has 1 aliphatic rings. The maximum absolute atomic E-state index is 8.42. The number of aromatic nitrogens is 2. The Balaban J connectivity index is 0.903. The van der Waals surface area contributed by atoms with Gasteiger partial charge in [-0.3, -0.25) is 4.57 Å². The second kappa shape index (κ2) is 18.6. The number of para-hydroxylation sites is 3. The molecule has 0 bridgehead atoms. The molecule has 7 heteroatoms. The van der Waals surface area contributed by atoms with Crippen molar-refractivity contribution in [1.82, 2.24) is 9.55 Å². The summed E-state index contributed by atoms with van der Waals surface area (Å²) in [7, 11) is 0. The smallest absolute Gasteiger partial charge is 0.192 e. The van der Waals surface area contributed by atoms with Crippen LogP contribution < -0.4 is 14.5 Å². The molecule has 0 N–H and O–H groups in total. The first kappa shape index (κ1) is 48.5. The van der Waals surface area contributed by atoms with Crippen molar-refractivity contribution in [3.8, 4) is 50.7 Å². The van der Waals surface area contributed by atoms with Crippen LogP contribution in [0.3, 0.4) is 0 Å². The van der Waals surface area contributed by atoms with Gasteiger partial charge >= 0.3 is 0 Å². The molecule has 10 aromatic carbocycles. The molecule has 1 aliphatic heterocycles. The Morgan fingerprint density at radius 3 is 1.84 bits per heavy atom. The van der Waals surface area contributed by atoms with Crippen molar-refractivity contribution in [3.05, 3.63) is 247 Å². The van der Waals surface area contributed by atoms with Gasteiger partial charge in [-0.2, -0.15) is 0 Å². The predicted octanol–water partition coefficient (Wildman–Crippen LogP) is 20.4. The number of anilines is 4. The monoisotopic (exact) mass is 1040 g/mol. The lowest BCUT2D eigenvalue weighted by molar-refractivity contribution is 0.483. The van der Waals surface area contributed by atoms with E-state index >= 15 is 0 Å². The second-order valence-corrected chi connectivity index (χ2v) is 23.1. The van der Waals surface area contributed by atoms with E-state index in [0.29, 0.717) is 23.9 Å². The normalized spacial score (nSPS) is 12.8. The zero-order valence-corrected chi connectivity index (χ0v) is 45.6. The number of furan rings is 1. The average molecular weight is 1040 g/mol. The van der Waals surface area contributed by atoms with Crippen LogP contribution >= 0.6 is 0 Å². The molecule has 0 saturated carbocycles. The fraction of sp³-hybridized carbons (Fsp3) is 0.123.